The van der Waals surface area contributed by atoms with Crippen LogP contribution in [0.2, 0.25) is 0 Å². The van der Waals surface area contributed by atoms with Crippen LogP contribution in [0.1, 0.15) is 31.4 Å². The molecule has 0 fully saturated rings. The normalized spacial score (nSPS) is 12.5. The van der Waals surface area contributed by atoms with Crippen molar-refractivity contribution in [2.45, 2.75) is 32.9 Å². The van der Waals surface area contributed by atoms with Crippen molar-refractivity contribution in [3.63, 3.8) is 0 Å². The first kappa shape index (κ1) is 17.1. The second-order valence-electron chi connectivity index (χ2n) is 6.29. The smallest absolute Gasteiger partial charge is 0.339 e. The monoisotopic (exact) mass is 351 g/mol. The molecule has 0 spiro atoms. The molecule has 1 aromatic carbocycles. The number of hydrogen-bond donors (Lipinski definition) is 0. The zero-order valence-electron chi connectivity index (χ0n) is 13.7. The minimum absolute atomic E-state index is 0.0527. The van der Waals surface area contributed by atoms with Crippen molar-refractivity contribution in [1.82, 2.24) is 24.9 Å². The molecule has 0 aliphatic heterocycles. The van der Waals surface area contributed by atoms with E-state index in [9.17, 15) is 13.2 Å². The fourth-order valence-corrected chi connectivity index (χ4v) is 2.24. The summed E-state index contributed by atoms with van der Waals surface area (Å²) >= 11 is 0. The van der Waals surface area contributed by atoms with Gasteiger partial charge in [0.05, 0.1) is 11.8 Å². The fourth-order valence-electron chi connectivity index (χ4n) is 2.24. The van der Waals surface area contributed by atoms with Crippen LogP contribution in [0.15, 0.2) is 41.2 Å². The standard InChI is InChI=1S/C16H16F3N5O/c1-15(2,16(17,18)19)9-14-21-12(23-25-14)8-13-22-20-10-24(13)11-6-4-3-5-7-11/h3-7,10H,8-9H2,1-2H3. The zero-order chi connectivity index (χ0) is 18.1. The highest BCUT2D eigenvalue weighted by molar-refractivity contribution is 5.32. The van der Waals surface area contributed by atoms with E-state index in [2.05, 4.69) is 20.3 Å². The Morgan fingerprint density at radius 2 is 1.84 bits per heavy atom. The minimum Gasteiger partial charge on any atom is -0.339 e. The molecule has 9 heteroatoms. The summed E-state index contributed by atoms with van der Waals surface area (Å²) in [4.78, 5) is 4.06. The van der Waals surface area contributed by atoms with Crippen LogP contribution < -0.4 is 0 Å². The molecule has 0 atom stereocenters. The van der Waals surface area contributed by atoms with Crippen LogP contribution in [-0.4, -0.2) is 31.1 Å². The highest BCUT2D eigenvalue weighted by Gasteiger charge is 2.48. The summed E-state index contributed by atoms with van der Waals surface area (Å²) in [5, 5.41) is 11.7. The van der Waals surface area contributed by atoms with E-state index in [4.69, 9.17) is 4.52 Å². The van der Waals surface area contributed by atoms with Crippen LogP contribution in [0.25, 0.3) is 5.69 Å². The van der Waals surface area contributed by atoms with E-state index < -0.39 is 11.6 Å². The van der Waals surface area contributed by atoms with Gasteiger partial charge in [-0.1, -0.05) is 37.2 Å². The summed E-state index contributed by atoms with van der Waals surface area (Å²) in [7, 11) is 0. The Morgan fingerprint density at radius 1 is 1.12 bits per heavy atom. The average Bonchev–Trinajstić information content (AvgIpc) is 3.17. The van der Waals surface area contributed by atoms with Crippen molar-refractivity contribution >= 4 is 0 Å². The third kappa shape index (κ3) is 3.70. The van der Waals surface area contributed by atoms with Gasteiger partial charge in [0.1, 0.15) is 12.2 Å². The van der Waals surface area contributed by atoms with Crippen molar-refractivity contribution in [1.29, 1.82) is 0 Å². The molecule has 132 valence electrons. The van der Waals surface area contributed by atoms with Gasteiger partial charge in [0.15, 0.2) is 5.82 Å². The maximum Gasteiger partial charge on any atom is 0.394 e. The van der Waals surface area contributed by atoms with E-state index in [1.807, 2.05) is 30.3 Å². The first-order valence-corrected chi connectivity index (χ1v) is 7.59. The van der Waals surface area contributed by atoms with Gasteiger partial charge >= 0.3 is 6.18 Å². The third-order valence-corrected chi connectivity index (χ3v) is 3.84. The molecule has 3 aromatic rings. The Labute approximate surface area is 141 Å². The second kappa shape index (κ2) is 6.30. The highest BCUT2D eigenvalue weighted by Crippen LogP contribution is 2.39. The van der Waals surface area contributed by atoms with Gasteiger partial charge in [0, 0.05) is 12.1 Å². The van der Waals surface area contributed by atoms with E-state index in [1.54, 1.807) is 10.9 Å². The van der Waals surface area contributed by atoms with Gasteiger partial charge in [0.2, 0.25) is 5.89 Å². The molecule has 25 heavy (non-hydrogen) atoms. The minimum atomic E-state index is -4.35. The van der Waals surface area contributed by atoms with Gasteiger partial charge in [-0.05, 0) is 12.1 Å². The number of para-hydroxylation sites is 1. The van der Waals surface area contributed by atoms with E-state index >= 15 is 0 Å². The summed E-state index contributed by atoms with van der Waals surface area (Å²) in [6, 6.07) is 9.43. The summed E-state index contributed by atoms with van der Waals surface area (Å²) in [5.41, 5.74) is -1.08. The second-order valence-corrected chi connectivity index (χ2v) is 6.29. The zero-order valence-corrected chi connectivity index (χ0v) is 13.7. The summed E-state index contributed by atoms with van der Waals surface area (Å²) < 4.78 is 45.6. The Kier molecular flexibility index (Phi) is 4.32. The first-order chi connectivity index (χ1) is 11.8. The lowest BCUT2D eigenvalue weighted by Gasteiger charge is -2.25. The Morgan fingerprint density at radius 3 is 2.52 bits per heavy atom. The molecule has 0 bridgehead atoms. The Hall–Kier alpha value is -2.71. The molecule has 0 aliphatic rings. The summed E-state index contributed by atoms with van der Waals surface area (Å²) in [5.74, 6) is 0.773. The SMILES string of the molecule is CC(C)(Cc1nc(Cc2nncn2-c2ccccc2)no1)C(F)(F)F. The van der Waals surface area contributed by atoms with E-state index in [1.165, 1.54) is 0 Å². The Bertz CT molecular complexity index is 839. The van der Waals surface area contributed by atoms with Crippen LogP contribution in [0.5, 0.6) is 0 Å². The van der Waals surface area contributed by atoms with Gasteiger partial charge in [-0.25, -0.2) is 0 Å². The maximum atomic E-state index is 13.0. The molecule has 6 nitrogen and oxygen atoms in total. The topological polar surface area (TPSA) is 69.6 Å². The van der Waals surface area contributed by atoms with Gasteiger partial charge in [-0.3, -0.25) is 4.57 Å². The van der Waals surface area contributed by atoms with Crippen LogP contribution in [-0.2, 0) is 12.8 Å². The predicted molar refractivity (Wildman–Crippen MR) is 82.0 cm³/mol. The van der Waals surface area contributed by atoms with Crippen LogP contribution in [0, 0.1) is 5.41 Å². The molecule has 0 N–H and O–H groups in total. The number of rotatable bonds is 5. The molecule has 2 heterocycles. The molecule has 0 unspecified atom stereocenters. The summed E-state index contributed by atoms with van der Waals surface area (Å²) in [6.07, 6.45) is -2.98. The number of nitrogens with zero attached hydrogens (tertiary/aromatic N) is 5. The highest BCUT2D eigenvalue weighted by atomic mass is 19.4. The first-order valence-electron chi connectivity index (χ1n) is 7.59. The lowest BCUT2D eigenvalue weighted by atomic mass is 9.88. The Balaban J connectivity index is 1.76. The average molecular weight is 351 g/mol. The van der Waals surface area contributed by atoms with Crippen LogP contribution >= 0.6 is 0 Å². The van der Waals surface area contributed by atoms with Crippen molar-refractivity contribution in [3.05, 3.63) is 54.2 Å². The number of hydrogen-bond acceptors (Lipinski definition) is 5. The molecule has 0 amide bonds. The van der Waals surface area contributed by atoms with Gasteiger partial charge in [-0.2, -0.15) is 18.2 Å². The van der Waals surface area contributed by atoms with Crippen LogP contribution in [0.3, 0.4) is 0 Å². The fraction of sp³-hybridized carbons (Fsp3) is 0.375. The lowest BCUT2D eigenvalue weighted by molar-refractivity contribution is -0.212. The molecular formula is C16H16F3N5O. The molecule has 2 aromatic heterocycles. The third-order valence-electron chi connectivity index (χ3n) is 3.84. The lowest BCUT2D eigenvalue weighted by Crippen LogP contribution is -2.34. The van der Waals surface area contributed by atoms with Crippen molar-refractivity contribution < 1.29 is 17.7 Å². The van der Waals surface area contributed by atoms with Crippen molar-refractivity contribution in [3.8, 4) is 5.69 Å². The maximum absolute atomic E-state index is 13.0. The van der Waals surface area contributed by atoms with E-state index in [0.29, 0.717) is 5.82 Å². The molecule has 0 saturated carbocycles. The molecule has 0 saturated heterocycles. The van der Waals surface area contributed by atoms with Gasteiger partial charge < -0.3 is 4.52 Å². The number of alkyl halides is 3. The quantitative estimate of drug-likeness (QED) is 0.705. The predicted octanol–water partition coefficient (Wildman–Crippen LogP) is 3.37. The van der Waals surface area contributed by atoms with Gasteiger partial charge in [0.25, 0.3) is 0 Å². The van der Waals surface area contributed by atoms with E-state index in [0.717, 1.165) is 19.5 Å². The van der Waals surface area contributed by atoms with Crippen LogP contribution in [0.4, 0.5) is 13.2 Å². The molecule has 3 rings (SSSR count). The largest absolute Gasteiger partial charge is 0.394 e. The number of aromatic nitrogens is 5. The molecule has 0 aliphatic carbocycles. The van der Waals surface area contributed by atoms with Crippen molar-refractivity contribution in [2.75, 3.05) is 0 Å². The number of benzene rings is 1. The molecule has 0 radical (unpaired) electrons. The summed E-state index contributed by atoms with van der Waals surface area (Å²) in [6.45, 7) is 2.20. The van der Waals surface area contributed by atoms with Gasteiger partial charge in [-0.15, -0.1) is 10.2 Å². The van der Waals surface area contributed by atoms with E-state index in [-0.39, 0.29) is 24.6 Å². The number of halogens is 3. The van der Waals surface area contributed by atoms with Crippen molar-refractivity contribution in [2.24, 2.45) is 5.41 Å². The molecular weight excluding hydrogens is 335 g/mol.